The number of benzene rings is 1. The molecule has 0 aliphatic rings. The van der Waals surface area contributed by atoms with Crippen molar-refractivity contribution in [2.24, 2.45) is 0 Å². The summed E-state index contributed by atoms with van der Waals surface area (Å²) in [5.41, 5.74) is 1.15. The van der Waals surface area contributed by atoms with E-state index in [2.05, 4.69) is 27.5 Å². The van der Waals surface area contributed by atoms with Gasteiger partial charge in [0.1, 0.15) is 0 Å². The first kappa shape index (κ1) is 9.40. The summed E-state index contributed by atoms with van der Waals surface area (Å²) in [6, 6.07) is 10.1. The second-order valence-electron chi connectivity index (χ2n) is 2.35. The van der Waals surface area contributed by atoms with Gasteiger partial charge in [-0.05, 0) is 0 Å². The van der Waals surface area contributed by atoms with E-state index in [0.717, 1.165) is 16.6 Å². The first-order valence-electron chi connectivity index (χ1n) is 3.77. The van der Waals surface area contributed by atoms with Crippen molar-refractivity contribution < 1.29 is 15.6 Å². The fourth-order valence-electron chi connectivity index (χ4n) is 0.848. The van der Waals surface area contributed by atoms with Gasteiger partial charge >= 0.3 is 80.5 Å². The zero-order valence-electron chi connectivity index (χ0n) is 6.76. The van der Waals surface area contributed by atoms with Crippen molar-refractivity contribution in [3.05, 3.63) is 48.6 Å². The summed E-state index contributed by atoms with van der Waals surface area (Å²) in [5, 5.41) is 3.16. The van der Waals surface area contributed by atoms with Crippen LogP contribution in [0, 0.1) is 0 Å². The molecule has 0 spiro atoms. The Hall–Kier alpha value is -0.691. The molecule has 0 fully saturated rings. The maximum absolute atomic E-state index is 3.63. The van der Waals surface area contributed by atoms with Crippen molar-refractivity contribution in [3.63, 3.8) is 0 Å². The predicted molar refractivity (Wildman–Crippen MR) is 48.8 cm³/mol. The monoisotopic (exact) mass is 200 g/mol. The molecule has 0 amide bonds. The maximum atomic E-state index is 3.63. The molecule has 1 N–H and O–H groups in total. The number of hydrogen-bond donors (Lipinski definition) is 1. The Bertz CT molecular complexity index is 266. The van der Waals surface area contributed by atoms with Crippen molar-refractivity contribution in [2.75, 3.05) is 6.54 Å². The van der Waals surface area contributed by atoms with Crippen LogP contribution in [-0.4, -0.2) is 11.1 Å². The normalized spacial score (nSPS) is 9.33. The third-order valence-electron chi connectivity index (χ3n) is 1.43. The number of rotatable bonds is 4. The van der Waals surface area contributed by atoms with Gasteiger partial charge < -0.3 is 0 Å². The Balaban J connectivity index is 2.59. The molecule has 2 heteroatoms. The molecule has 0 aliphatic heterocycles. The standard InChI is InChI=1S/C10H11N.Mn/c1-2-8-11-9-10-6-4-3-5-7-10;/h2-7,11H,1,8H2;. The second kappa shape index (κ2) is 5.04. The molecule has 0 unspecified atom stereocenters. The van der Waals surface area contributed by atoms with Crippen molar-refractivity contribution in [3.8, 4) is 0 Å². The first-order valence-corrected chi connectivity index (χ1v) is 4.36. The van der Waals surface area contributed by atoms with E-state index in [0.29, 0.717) is 0 Å². The van der Waals surface area contributed by atoms with Gasteiger partial charge in [0.2, 0.25) is 0 Å². The van der Waals surface area contributed by atoms with Crippen LogP contribution in [-0.2, 0) is 15.6 Å². The average Bonchev–Trinajstić information content (AvgIpc) is 2.15. The summed E-state index contributed by atoms with van der Waals surface area (Å²) in [4.78, 5) is 0. The summed E-state index contributed by atoms with van der Waals surface area (Å²) in [5.74, 6) is 0. The van der Waals surface area contributed by atoms with Gasteiger partial charge in [-0.2, -0.15) is 0 Å². The van der Waals surface area contributed by atoms with E-state index in [4.69, 9.17) is 0 Å². The van der Waals surface area contributed by atoms with Gasteiger partial charge in [-0.15, -0.1) is 0 Å². The zero-order chi connectivity index (χ0) is 8.81. The molecule has 0 heterocycles. The summed E-state index contributed by atoms with van der Waals surface area (Å²) >= 11 is 3.44. The van der Waals surface area contributed by atoms with Crippen LogP contribution in [0.2, 0.25) is 0 Å². The van der Waals surface area contributed by atoms with E-state index >= 15 is 0 Å². The van der Waals surface area contributed by atoms with Crippen LogP contribution >= 0.6 is 0 Å². The fraction of sp³-hybridized carbons (Fsp3) is 0.100. The summed E-state index contributed by atoms with van der Waals surface area (Å²) in [6.07, 6.45) is 1.82. The second-order valence-corrected chi connectivity index (χ2v) is 2.94. The third kappa shape index (κ3) is 2.74. The van der Waals surface area contributed by atoms with Crippen LogP contribution in [0.25, 0.3) is 0 Å². The van der Waals surface area contributed by atoms with Gasteiger partial charge in [-0.25, -0.2) is 0 Å². The zero-order valence-corrected chi connectivity index (χ0v) is 7.94. The molecule has 1 aromatic rings. The van der Waals surface area contributed by atoms with Gasteiger partial charge in [0.25, 0.3) is 0 Å². The van der Waals surface area contributed by atoms with Crippen LogP contribution in [0.15, 0.2) is 43.0 Å². The molecule has 1 rings (SSSR count). The molecular formula is C10H11MnN. The van der Waals surface area contributed by atoms with Gasteiger partial charge in [0, 0.05) is 0 Å². The Morgan fingerprint density at radius 3 is 2.67 bits per heavy atom. The van der Waals surface area contributed by atoms with E-state index in [1.807, 2.05) is 36.4 Å². The molecule has 0 atom stereocenters. The molecule has 1 nitrogen and oxygen atoms in total. The molecule has 0 saturated heterocycles. The number of nitrogens with one attached hydrogen (secondary N) is 1. The molecule has 0 saturated carbocycles. The van der Waals surface area contributed by atoms with Crippen molar-refractivity contribution in [1.29, 1.82) is 0 Å². The molecule has 63 valence electrons. The topological polar surface area (TPSA) is 12.0 Å². The quantitative estimate of drug-likeness (QED) is 0.573. The Labute approximate surface area is 80.9 Å². The molecule has 0 aliphatic carbocycles. The van der Waals surface area contributed by atoms with E-state index < -0.39 is 0 Å². The van der Waals surface area contributed by atoms with Gasteiger partial charge in [-0.1, -0.05) is 0 Å². The van der Waals surface area contributed by atoms with Crippen LogP contribution in [0.5, 0.6) is 0 Å². The van der Waals surface area contributed by atoms with E-state index in [1.165, 1.54) is 0 Å². The van der Waals surface area contributed by atoms with Crippen LogP contribution in [0.3, 0.4) is 0 Å². The third-order valence-corrected chi connectivity index (χ3v) is 1.98. The van der Waals surface area contributed by atoms with Crippen molar-refractivity contribution in [2.45, 2.75) is 0 Å². The molecule has 12 heavy (non-hydrogen) atoms. The Kier molecular flexibility index (Phi) is 3.95. The van der Waals surface area contributed by atoms with Gasteiger partial charge in [0.05, 0.1) is 0 Å². The van der Waals surface area contributed by atoms with E-state index in [9.17, 15) is 0 Å². The Morgan fingerprint density at radius 1 is 1.42 bits per heavy atom. The molecule has 1 aromatic carbocycles. The van der Waals surface area contributed by atoms with Gasteiger partial charge in [-0.3, -0.25) is 0 Å². The van der Waals surface area contributed by atoms with Crippen LogP contribution in [0.1, 0.15) is 5.56 Å². The van der Waals surface area contributed by atoms with Gasteiger partial charge in [0.15, 0.2) is 0 Å². The average molecular weight is 200 g/mol. The van der Waals surface area contributed by atoms with E-state index in [-0.39, 0.29) is 0 Å². The molecular weight excluding hydrogens is 189 g/mol. The molecule has 0 bridgehead atoms. The minimum absolute atomic E-state index is 0.773. The molecule has 0 radical (unpaired) electrons. The van der Waals surface area contributed by atoms with Crippen molar-refractivity contribution >= 4 is 4.54 Å². The first-order chi connectivity index (χ1) is 5.84. The molecule has 0 aromatic heterocycles. The Morgan fingerprint density at radius 2 is 2.08 bits per heavy atom. The SMILES string of the molecule is C=CCN[C](=[Mn])c1ccccc1. The summed E-state index contributed by atoms with van der Waals surface area (Å²) in [7, 11) is 0. The minimum atomic E-state index is 0.773. The number of hydrogen-bond acceptors (Lipinski definition) is 1. The van der Waals surface area contributed by atoms with E-state index in [1.54, 1.807) is 0 Å². The van der Waals surface area contributed by atoms with Crippen molar-refractivity contribution in [1.82, 2.24) is 5.32 Å². The van der Waals surface area contributed by atoms with Crippen LogP contribution in [0.4, 0.5) is 0 Å². The summed E-state index contributed by atoms with van der Waals surface area (Å²) < 4.78 is 1.00. The summed E-state index contributed by atoms with van der Waals surface area (Å²) in [6.45, 7) is 4.40. The fourth-order valence-corrected chi connectivity index (χ4v) is 1.17. The predicted octanol–water partition coefficient (Wildman–Crippen LogP) is 1.49. The van der Waals surface area contributed by atoms with Crippen LogP contribution < -0.4 is 5.32 Å².